The Labute approximate surface area is 236 Å². The van der Waals surface area contributed by atoms with E-state index < -0.39 is 17.7 Å². The molecule has 40 heavy (non-hydrogen) atoms. The molecule has 3 saturated carbocycles. The van der Waals surface area contributed by atoms with Crippen molar-refractivity contribution in [2.24, 2.45) is 44.8 Å². The van der Waals surface area contributed by atoms with Gasteiger partial charge >= 0.3 is 18.0 Å². The smallest absolute Gasteiger partial charge is 0.427 e. The third-order valence-electron chi connectivity index (χ3n) is 10.8. The molecule has 0 aromatic heterocycles. The molecule has 1 heterocycles. The predicted molar refractivity (Wildman–Crippen MR) is 147 cm³/mol. The molecule has 5 rings (SSSR count). The van der Waals surface area contributed by atoms with Crippen LogP contribution in [0.5, 0.6) is 0 Å². The zero-order valence-electron chi connectivity index (χ0n) is 24.6. The van der Waals surface area contributed by atoms with E-state index in [0.717, 1.165) is 44.9 Å². The van der Waals surface area contributed by atoms with Crippen LogP contribution in [-0.4, -0.2) is 54.4 Å². The van der Waals surface area contributed by atoms with E-state index in [-0.39, 0.29) is 48.0 Å². The van der Waals surface area contributed by atoms with E-state index in [1.807, 2.05) is 6.92 Å². The molecule has 1 aliphatic heterocycles. The van der Waals surface area contributed by atoms with Crippen molar-refractivity contribution in [3.8, 4) is 0 Å². The summed E-state index contributed by atoms with van der Waals surface area (Å²) >= 11 is 0. The summed E-state index contributed by atoms with van der Waals surface area (Å²) < 4.78 is 16.0. The molecule has 10 nitrogen and oxygen atoms in total. The van der Waals surface area contributed by atoms with Crippen LogP contribution in [0.1, 0.15) is 86.5 Å². The summed E-state index contributed by atoms with van der Waals surface area (Å²) in [5.41, 5.74) is 3.53. The van der Waals surface area contributed by atoms with E-state index >= 15 is 0 Å². The SMILES string of the molecule is CCOC(=O)NN=C(C)[C@@]12ON=C(C(=O)OCC)[C@@H]1CC1C3CC=C4C[C@@H](OC(C)=O)CC[C@]4(C)C3CC[C@@]12C. The number of allylic oxidation sites excluding steroid dienone is 1. The van der Waals surface area contributed by atoms with Crippen LogP contribution in [0.2, 0.25) is 0 Å². The number of fused-ring (bicyclic) bond motifs is 7. The number of esters is 2. The number of ether oxygens (including phenoxy) is 3. The first-order valence-electron chi connectivity index (χ1n) is 14.8. The van der Waals surface area contributed by atoms with Crippen molar-refractivity contribution in [2.75, 3.05) is 13.2 Å². The highest BCUT2D eigenvalue weighted by molar-refractivity contribution is 6.38. The molecular formula is C30H43N3O7. The van der Waals surface area contributed by atoms with Crippen molar-refractivity contribution >= 4 is 29.5 Å². The highest BCUT2D eigenvalue weighted by Crippen LogP contribution is 2.70. The third-order valence-corrected chi connectivity index (χ3v) is 10.8. The van der Waals surface area contributed by atoms with Crippen LogP contribution >= 0.6 is 0 Å². The normalized spacial score (nSPS) is 39.8. The minimum absolute atomic E-state index is 0.0427. The van der Waals surface area contributed by atoms with Gasteiger partial charge in [-0.05, 0) is 82.5 Å². The Morgan fingerprint density at radius 3 is 2.55 bits per heavy atom. The number of hydrogen-bond donors (Lipinski definition) is 1. The molecule has 0 spiro atoms. The molecule has 3 fully saturated rings. The summed E-state index contributed by atoms with van der Waals surface area (Å²) in [6.07, 6.45) is 7.95. The summed E-state index contributed by atoms with van der Waals surface area (Å²) in [4.78, 5) is 43.1. The number of hydrogen-bond acceptors (Lipinski definition) is 9. The summed E-state index contributed by atoms with van der Waals surface area (Å²) in [7, 11) is 0. The van der Waals surface area contributed by atoms with Gasteiger partial charge in [0.2, 0.25) is 0 Å². The Balaban J connectivity index is 1.49. The largest absolute Gasteiger partial charge is 0.462 e. The molecule has 1 N–H and O–H groups in total. The van der Waals surface area contributed by atoms with Crippen molar-refractivity contribution in [2.45, 2.75) is 98.2 Å². The molecular weight excluding hydrogens is 514 g/mol. The highest BCUT2D eigenvalue weighted by Gasteiger charge is 2.74. The Kier molecular flexibility index (Phi) is 7.50. The predicted octanol–water partition coefficient (Wildman–Crippen LogP) is 4.92. The second-order valence-corrected chi connectivity index (χ2v) is 12.5. The zero-order chi connectivity index (χ0) is 28.9. The maximum absolute atomic E-state index is 13.0. The van der Waals surface area contributed by atoms with Crippen molar-refractivity contribution in [3.63, 3.8) is 0 Å². The second-order valence-electron chi connectivity index (χ2n) is 12.5. The van der Waals surface area contributed by atoms with Crippen LogP contribution in [0, 0.1) is 34.5 Å². The fraction of sp³-hybridized carbons (Fsp3) is 0.767. The van der Waals surface area contributed by atoms with Crippen molar-refractivity contribution in [1.82, 2.24) is 5.43 Å². The van der Waals surface area contributed by atoms with Gasteiger partial charge in [0.05, 0.1) is 24.8 Å². The van der Waals surface area contributed by atoms with Crippen LogP contribution in [0.4, 0.5) is 4.79 Å². The van der Waals surface area contributed by atoms with E-state index in [1.54, 1.807) is 13.8 Å². The molecule has 1 amide bonds. The molecule has 5 aliphatic rings. The molecule has 8 atom stereocenters. The van der Waals surface area contributed by atoms with Gasteiger partial charge in [0, 0.05) is 18.8 Å². The molecule has 0 aromatic rings. The van der Waals surface area contributed by atoms with E-state index in [0.29, 0.717) is 23.3 Å². The van der Waals surface area contributed by atoms with E-state index in [2.05, 4.69) is 35.6 Å². The van der Waals surface area contributed by atoms with Gasteiger partial charge in [-0.25, -0.2) is 15.0 Å². The topological polar surface area (TPSA) is 125 Å². The lowest BCUT2D eigenvalue weighted by Gasteiger charge is -2.58. The van der Waals surface area contributed by atoms with E-state index in [4.69, 9.17) is 19.0 Å². The van der Waals surface area contributed by atoms with E-state index in [9.17, 15) is 14.4 Å². The maximum Gasteiger partial charge on any atom is 0.427 e. The number of oxime groups is 1. The number of nitrogens with zero attached hydrogens (tertiary/aromatic N) is 2. The number of hydrazone groups is 1. The summed E-state index contributed by atoms with van der Waals surface area (Å²) in [6.45, 7) is 12.0. The number of carbonyl (C=O) groups is 3. The van der Waals surface area contributed by atoms with Gasteiger partial charge in [0.1, 0.15) is 6.10 Å². The van der Waals surface area contributed by atoms with E-state index in [1.165, 1.54) is 12.5 Å². The quantitative estimate of drug-likeness (QED) is 0.162. The first kappa shape index (κ1) is 28.6. The van der Waals surface area contributed by atoms with Crippen LogP contribution in [0.3, 0.4) is 0 Å². The summed E-state index contributed by atoms with van der Waals surface area (Å²) in [6, 6.07) is 0. The number of amides is 1. The van der Waals surface area contributed by atoms with Gasteiger partial charge in [0.25, 0.3) is 0 Å². The lowest BCUT2D eigenvalue weighted by molar-refractivity contribution is -0.149. The van der Waals surface area contributed by atoms with Crippen LogP contribution in [-0.2, 0) is 28.6 Å². The molecule has 0 saturated heterocycles. The van der Waals surface area contributed by atoms with Gasteiger partial charge in [-0.2, -0.15) is 5.10 Å². The van der Waals surface area contributed by atoms with Crippen molar-refractivity contribution < 1.29 is 33.4 Å². The minimum atomic E-state index is -0.970. The molecule has 0 aromatic carbocycles. The zero-order valence-corrected chi connectivity index (χ0v) is 24.6. The average molecular weight is 558 g/mol. The fourth-order valence-corrected chi connectivity index (χ4v) is 9.15. The number of carbonyl (C=O) groups excluding carboxylic acids is 3. The Bertz CT molecular complexity index is 1160. The average Bonchev–Trinajstić information content (AvgIpc) is 3.41. The van der Waals surface area contributed by atoms with Crippen LogP contribution < -0.4 is 5.43 Å². The lowest BCUT2D eigenvalue weighted by atomic mass is 9.46. The van der Waals surface area contributed by atoms with Crippen LogP contribution in [0.15, 0.2) is 21.9 Å². The maximum atomic E-state index is 13.0. The molecule has 10 heteroatoms. The fourth-order valence-electron chi connectivity index (χ4n) is 9.15. The highest BCUT2D eigenvalue weighted by atomic mass is 16.7. The van der Waals surface area contributed by atoms with Gasteiger partial charge in [-0.1, -0.05) is 30.7 Å². The van der Waals surface area contributed by atoms with Crippen LogP contribution in [0.25, 0.3) is 0 Å². The molecule has 3 unspecified atom stereocenters. The summed E-state index contributed by atoms with van der Waals surface area (Å²) in [5.74, 6) is 0.139. The van der Waals surface area contributed by atoms with Gasteiger partial charge in [-0.15, -0.1) is 0 Å². The Hall–Kier alpha value is -2.91. The molecule has 0 bridgehead atoms. The standard InChI is InChI=1S/C30H43N3O7/c1-7-37-26(35)25-24-16-23-21-10-9-19-15-20(39-18(4)34)11-13-28(19,5)22(21)12-14-29(23,6)30(24,40-33-25)17(3)31-32-27(36)38-8-2/h9,20-24H,7-8,10-16H2,1-6H3,(H,32,36)/t20-,21?,22?,23?,24-,28-,29-,30+/m0/s1. The van der Waals surface area contributed by atoms with Gasteiger partial charge < -0.3 is 19.0 Å². The molecule has 0 radical (unpaired) electrons. The first-order chi connectivity index (χ1) is 19.0. The lowest BCUT2D eigenvalue weighted by Crippen LogP contribution is -2.59. The van der Waals surface area contributed by atoms with Crippen molar-refractivity contribution in [3.05, 3.63) is 11.6 Å². The molecule has 4 aliphatic carbocycles. The Morgan fingerprint density at radius 2 is 1.85 bits per heavy atom. The third kappa shape index (κ3) is 4.24. The number of rotatable bonds is 6. The summed E-state index contributed by atoms with van der Waals surface area (Å²) in [5, 5.41) is 8.75. The number of nitrogens with one attached hydrogen (secondary N) is 1. The van der Waals surface area contributed by atoms with Gasteiger partial charge in [-0.3, -0.25) is 4.79 Å². The Morgan fingerprint density at radius 1 is 1.10 bits per heavy atom. The minimum Gasteiger partial charge on any atom is -0.462 e. The second kappa shape index (κ2) is 10.5. The molecule has 220 valence electrons. The van der Waals surface area contributed by atoms with Gasteiger partial charge in [0.15, 0.2) is 11.3 Å². The first-order valence-corrected chi connectivity index (χ1v) is 14.8. The van der Waals surface area contributed by atoms with Crippen molar-refractivity contribution in [1.29, 1.82) is 0 Å². The monoisotopic (exact) mass is 557 g/mol.